The standard InChI is InChI=1S/C12H14BrFO/c1-15-12-5-4-9(14)7-10(12)11(13)6-8-2-3-8/h4-5,7-8,11H,2-3,6H2,1H3. The van der Waals surface area contributed by atoms with Crippen molar-refractivity contribution in [3.63, 3.8) is 0 Å². The van der Waals surface area contributed by atoms with E-state index < -0.39 is 0 Å². The summed E-state index contributed by atoms with van der Waals surface area (Å²) in [6.07, 6.45) is 3.68. The Kier molecular flexibility index (Phi) is 3.29. The Balaban J connectivity index is 2.18. The van der Waals surface area contributed by atoms with Crippen molar-refractivity contribution in [1.82, 2.24) is 0 Å². The lowest BCUT2D eigenvalue weighted by molar-refractivity contribution is 0.407. The quantitative estimate of drug-likeness (QED) is 0.751. The molecular weight excluding hydrogens is 259 g/mol. The lowest BCUT2D eigenvalue weighted by atomic mass is 10.1. The molecule has 1 nitrogen and oxygen atoms in total. The summed E-state index contributed by atoms with van der Waals surface area (Å²) in [5.74, 6) is 1.37. The highest BCUT2D eigenvalue weighted by molar-refractivity contribution is 9.09. The first kappa shape index (κ1) is 10.9. The number of halogens is 2. The van der Waals surface area contributed by atoms with E-state index in [2.05, 4.69) is 15.9 Å². The van der Waals surface area contributed by atoms with E-state index >= 15 is 0 Å². The highest BCUT2D eigenvalue weighted by atomic mass is 79.9. The van der Waals surface area contributed by atoms with Crippen molar-refractivity contribution < 1.29 is 9.13 Å². The minimum Gasteiger partial charge on any atom is -0.496 e. The highest BCUT2D eigenvalue weighted by Gasteiger charge is 2.26. The molecule has 1 atom stereocenters. The van der Waals surface area contributed by atoms with Crippen molar-refractivity contribution in [3.8, 4) is 5.75 Å². The molecule has 0 heterocycles. The van der Waals surface area contributed by atoms with Gasteiger partial charge in [0.1, 0.15) is 11.6 Å². The third-order valence-electron chi connectivity index (χ3n) is 2.77. The van der Waals surface area contributed by atoms with Gasteiger partial charge in [-0.3, -0.25) is 0 Å². The molecule has 0 aliphatic heterocycles. The first-order chi connectivity index (χ1) is 7.20. The van der Waals surface area contributed by atoms with Crippen molar-refractivity contribution in [2.45, 2.75) is 24.1 Å². The summed E-state index contributed by atoms with van der Waals surface area (Å²) in [6, 6.07) is 4.67. The molecule has 0 radical (unpaired) electrons. The van der Waals surface area contributed by atoms with Crippen molar-refractivity contribution in [2.24, 2.45) is 5.92 Å². The number of methoxy groups -OCH3 is 1. The van der Waals surface area contributed by atoms with Crippen LogP contribution in [-0.2, 0) is 0 Å². The van der Waals surface area contributed by atoms with Gasteiger partial charge in [-0.2, -0.15) is 0 Å². The maximum absolute atomic E-state index is 13.1. The van der Waals surface area contributed by atoms with Gasteiger partial charge in [0.25, 0.3) is 0 Å². The van der Waals surface area contributed by atoms with Crippen LogP contribution >= 0.6 is 15.9 Å². The fourth-order valence-electron chi connectivity index (χ4n) is 1.72. The minimum absolute atomic E-state index is 0.203. The molecule has 0 amide bonds. The minimum atomic E-state index is -0.203. The van der Waals surface area contributed by atoms with Gasteiger partial charge in [-0.05, 0) is 30.5 Å². The Hall–Kier alpha value is -0.570. The summed E-state index contributed by atoms with van der Waals surface area (Å²) < 4.78 is 18.3. The highest BCUT2D eigenvalue weighted by Crippen LogP contribution is 2.43. The van der Waals surface area contributed by atoms with Crippen LogP contribution in [0.4, 0.5) is 4.39 Å². The molecular formula is C12H14BrFO. The van der Waals surface area contributed by atoms with E-state index in [1.165, 1.54) is 18.9 Å². The number of rotatable bonds is 4. The fourth-order valence-corrected chi connectivity index (χ4v) is 2.61. The Bertz CT molecular complexity index is 349. The van der Waals surface area contributed by atoms with Gasteiger partial charge in [-0.15, -0.1) is 0 Å². The zero-order chi connectivity index (χ0) is 10.8. The van der Waals surface area contributed by atoms with Crippen LogP contribution in [0.3, 0.4) is 0 Å². The van der Waals surface area contributed by atoms with Crippen LogP contribution in [0.25, 0.3) is 0 Å². The van der Waals surface area contributed by atoms with E-state index in [9.17, 15) is 4.39 Å². The van der Waals surface area contributed by atoms with E-state index in [1.54, 1.807) is 19.2 Å². The number of alkyl halides is 1. The lowest BCUT2D eigenvalue weighted by Gasteiger charge is -2.13. The predicted octanol–water partition coefficient (Wildman–Crippen LogP) is 4.07. The zero-order valence-corrected chi connectivity index (χ0v) is 10.3. The monoisotopic (exact) mass is 272 g/mol. The predicted molar refractivity (Wildman–Crippen MR) is 62.0 cm³/mol. The molecule has 0 aromatic heterocycles. The fraction of sp³-hybridized carbons (Fsp3) is 0.500. The topological polar surface area (TPSA) is 9.23 Å². The van der Waals surface area contributed by atoms with Gasteiger partial charge < -0.3 is 4.74 Å². The van der Waals surface area contributed by atoms with Gasteiger partial charge in [0.05, 0.1) is 7.11 Å². The van der Waals surface area contributed by atoms with Crippen LogP contribution in [0.1, 0.15) is 29.7 Å². The number of hydrogen-bond acceptors (Lipinski definition) is 1. The molecule has 0 saturated heterocycles. The second kappa shape index (κ2) is 4.52. The second-order valence-electron chi connectivity index (χ2n) is 4.03. The summed E-state index contributed by atoms with van der Waals surface area (Å²) in [6.45, 7) is 0. The van der Waals surface area contributed by atoms with Gasteiger partial charge >= 0.3 is 0 Å². The van der Waals surface area contributed by atoms with Gasteiger partial charge in [0.2, 0.25) is 0 Å². The molecule has 0 N–H and O–H groups in total. The van der Waals surface area contributed by atoms with Gasteiger partial charge in [-0.1, -0.05) is 28.8 Å². The van der Waals surface area contributed by atoms with Crippen LogP contribution in [0.2, 0.25) is 0 Å². The van der Waals surface area contributed by atoms with Crippen LogP contribution in [0.5, 0.6) is 5.75 Å². The molecule has 0 bridgehead atoms. The summed E-state index contributed by atoms with van der Waals surface area (Å²) >= 11 is 3.61. The van der Waals surface area contributed by atoms with Crippen LogP contribution in [0, 0.1) is 11.7 Å². The van der Waals surface area contributed by atoms with E-state index in [0.29, 0.717) is 0 Å². The Morgan fingerprint density at radius 2 is 2.27 bits per heavy atom. The Morgan fingerprint density at radius 1 is 1.53 bits per heavy atom. The molecule has 1 unspecified atom stereocenters. The van der Waals surface area contributed by atoms with Crippen molar-refractivity contribution in [1.29, 1.82) is 0 Å². The lowest BCUT2D eigenvalue weighted by Crippen LogP contribution is -1.97. The van der Waals surface area contributed by atoms with Gasteiger partial charge in [-0.25, -0.2) is 4.39 Å². The zero-order valence-electron chi connectivity index (χ0n) is 8.67. The normalized spacial score (nSPS) is 17.5. The first-order valence-corrected chi connectivity index (χ1v) is 6.09. The smallest absolute Gasteiger partial charge is 0.123 e. The Labute approximate surface area is 97.8 Å². The molecule has 1 saturated carbocycles. The average Bonchev–Trinajstić information content (AvgIpc) is 3.01. The molecule has 2 rings (SSSR count). The van der Waals surface area contributed by atoms with Crippen molar-refractivity contribution in [2.75, 3.05) is 7.11 Å². The van der Waals surface area contributed by atoms with Crippen LogP contribution in [0.15, 0.2) is 18.2 Å². The van der Waals surface area contributed by atoms with Gasteiger partial charge in [0, 0.05) is 10.4 Å². The van der Waals surface area contributed by atoms with E-state index in [1.807, 2.05) is 0 Å². The van der Waals surface area contributed by atoms with E-state index in [-0.39, 0.29) is 10.6 Å². The summed E-state index contributed by atoms with van der Waals surface area (Å²) in [5.41, 5.74) is 0.921. The summed E-state index contributed by atoms with van der Waals surface area (Å²) in [5, 5.41) is 0. The number of benzene rings is 1. The van der Waals surface area contributed by atoms with Crippen LogP contribution in [-0.4, -0.2) is 7.11 Å². The molecule has 0 spiro atoms. The number of hydrogen-bond donors (Lipinski definition) is 0. The van der Waals surface area contributed by atoms with Crippen molar-refractivity contribution in [3.05, 3.63) is 29.6 Å². The third-order valence-corrected chi connectivity index (χ3v) is 3.63. The maximum Gasteiger partial charge on any atom is 0.123 e. The van der Waals surface area contributed by atoms with Crippen LogP contribution < -0.4 is 4.74 Å². The molecule has 3 heteroatoms. The third kappa shape index (κ3) is 2.71. The SMILES string of the molecule is COc1ccc(F)cc1C(Br)CC1CC1. The number of ether oxygens (including phenoxy) is 1. The summed E-state index contributed by atoms with van der Waals surface area (Å²) in [4.78, 5) is 0.204. The van der Waals surface area contributed by atoms with Gasteiger partial charge in [0.15, 0.2) is 0 Å². The first-order valence-electron chi connectivity index (χ1n) is 5.18. The van der Waals surface area contributed by atoms with E-state index in [4.69, 9.17) is 4.74 Å². The molecule has 1 aliphatic carbocycles. The molecule has 82 valence electrons. The largest absolute Gasteiger partial charge is 0.496 e. The molecule has 1 aromatic carbocycles. The Morgan fingerprint density at radius 3 is 2.87 bits per heavy atom. The second-order valence-corrected chi connectivity index (χ2v) is 5.14. The molecule has 15 heavy (non-hydrogen) atoms. The van der Waals surface area contributed by atoms with Crippen molar-refractivity contribution >= 4 is 15.9 Å². The summed E-state index contributed by atoms with van der Waals surface area (Å²) in [7, 11) is 1.62. The molecule has 1 aromatic rings. The molecule has 1 fully saturated rings. The molecule has 1 aliphatic rings. The van der Waals surface area contributed by atoms with E-state index in [0.717, 1.165) is 23.7 Å². The average molecular weight is 273 g/mol. The maximum atomic E-state index is 13.1.